The maximum absolute atomic E-state index is 6.16. The van der Waals surface area contributed by atoms with Gasteiger partial charge in [-0.25, -0.2) is 0 Å². The molecule has 0 unspecified atom stereocenters. The summed E-state index contributed by atoms with van der Waals surface area (Å²) in [5.74, 6) is 1.45. The maximum atomic E-state index is 6.16. The number of hydrogen-bond donors (Lipinski definition) is 1. The van der Waals surface area contributed by atoms with E-state index in [1.165, 1.54) is 12.8 Å². The SMILES string of the molecule is COc1cnc(CNc2ccccc2Cl)cc1OC1CCCC1. The van der Waals surface area contributed by atoms with E-state index >= 15 is 0 Å². The molecule has 1 aromatic carbocycles. The summed E-state index contributed by atoms with van der Waals surface area (Å²) in [5, 5.41) is 3.99. The quantitative estimate of drug-likeness (QED) is 0.834. The molecule has 1 saturated carbocycles. The lowest BCUT2D eigenvalue weighted by Crippen LogP contribution is -2.12. The molecule has 0 aliphatic heterocycles. The van der Waals surface area contributed by atoms with Crippen LogP contribution >= 0.6 is 11.6 Å². The van der Waals surface area contributed by atoms with Crippen molar-refractivity contribution in [3.63, 3.8) is 0 Å². The normalized spacial score (nSPS) is 14.7. The van der Waals surface area contributed by atoms with Gasteiger partial charge in [0.2, 0.25) is 0 Å². The van der Waals surface area contributed by atoms with Crippen LogP contribution in [0.2, 0.25) is 5.02 Å². The number of rotatable bonds is 6. The van der Waals surface area contributed by atoms with Crippen molar-refractivity contribution >= 4 is 17.3 Å². The summed E-state index contributed by atoms with van der Waals surface area (Å²) >= 11 is 6.16. The van der Waals surface area contributed by atoms with Crippen LogP contribution < -0.4 is 14.8 Å². The minimum absolute atomic E-state index is 0.288. The summed E-state index contributed by atoms with van der Waals surface area (Å²) in [6.07, 6.45) is 6.69. The van der Waals surface area contributed by atoms with E-state index in [1.54, 1.807) is 13.3 Å². The number of pyridine rings is 1. The van der Waals surface area contributed by atoms with Crippen LogP contribution in [0.3, 0.4) is 0 Å². The van der Waals surface area contributed by atoms with Crippen molar-refractivity contribution in [2.75, 3.05) is 12.4 Å². The van der Waals surface area contributed by atoms with Gasteiger partial charge in [0, 0.05) is 6.07 Å². The molecule has 1 aromatic heterocycles. The Morgan fingerprint density at radius 3 is 2.74 bits per heavy atom. The van der Waals surface area contributed by atoms with Gasteiger partial charge in [0.15, 0.2) is 11.5 Å². The third-order valence-electron chi connectivity index (χ3n) is 4.04. The number of ether oxygens (including phenoxy) is 2. The van der Waals surface area contributed by atoms with E-state index in [1.807, 2.05) is 30.3 Å². The molecule has 1 aliphatic rings. The Labute approximate surface area is 141 Å². The standard InChI is InChI=1S/C18H21ClN2O2/c1-22-18-12-20-13(10-17(18)23-14-6-2-3-7-14)11-21-16-9-5-4-8-15(16)19/h4-5,8-10,12,14,21H,2-3,6-7,11H2,1H3. The Bertz CT molecular complexity index is 657. The molecule has 1 aliphatic carbocycles. The van der Waals surface area contributed by atoms with E-state index in [0.717, 1.165) is 30.0 Å². The minimum Gasteiger partial charge on any atom is -0.491 e. The van der Waals surface area contributed by atoms with Gasteiger partial charge in [-0.05, 0) is 37.8 Å². The van der Waals surface area contributed by atoms with Gasteiger partial charge in [-0.1, -0.05) is 23.7 Å². The summed E-state index contributed by atoms with van der Waals surface area (Å²) in [7, 11) is 1.64. The summed E-state index contributed by atoms with van der Waals surface area (Å²) in [5.41, 5.74) is 1.78. The molecule has 1 heterocycles. The van der Waals surface area contributed by atoms with Crippen LogP contribution in [0.25, 0.3) is 0 Å². The van der Waals surface area contributed by atoms with E-state index in [4.69, 9.17) is 21.1 Å². The van der Waals surface area contributed by atoms with Crippen LogP contribution in [0.1, 0.15) is 31.4 Å². The number of aromatic nitrogens is 1. The highest BCUT2D eigenvalue weighted by Crippen LogP contribution is 2.31. The minimum atomic E-state index is 0.288. The number of hydrogen-bond acceptors (Lipinski definition) is 4. The van der Waals surface area contributed by atoms with Crippen molar-refractivity contribution in [3.8, 4) is 11.5 Å². The highest BCUT2D eigenvalue weighted by molar-refractivity contribution is 6.33. The topological polar surface area (TPSA) is 43.4 Å². The summed E-state index contributed by atoms with van der Waals surface area (Å²) in [4.78, 5) is 4.42. The summed E-state index contributed by atoms with van der Waals surface area (Å²) in [6.45, 7) is 0.578. The molecule has 5 heteroatoms. The summed E-state index contributed by atoms with van der Waals surface area (Å²) in [6, 6.07) is 9.61. The molecule has 0 amide bonds. The Morgan fingerprint density at radius 2 is 2.00 bits per heavy atom. The molecule has 3 rings (SSSR count). The summed E-state index contributed by atoms with van der Waals surface area (Å²) < 4.78 is 11.5. The van der Waals surface area contributed by atoms with Gasteiger partial charge in [0.1, 0.15) is 0 Å². The fourth-order valence-electron chi connectivity index (χ4n) is 2.78. The first-order valence-electron chi connectivity index (χ1n) is 7.94. The Kier molecular flexibility index (Phi) is 5.23. The lowest BCUT2D eigenvalue weighted by atomic mass is 10.2. The zero-order chi connectivity index (χ0) is 16.1. The molecule has 1 fully saturated rings. The molecule has 4 nitrogen and oxygen atoms in total. The molecular weight excluding hydrogens is 312 g/mol. The van der Waals surface area contributed by atoms with Gasteiger partial charge in [0.25, 0.3) is 0 Å². The first-order chi connectivity index (χ1) is 11.3. The molecule has 0 saturated heterocycles. The number of nitrogens with one attached hydrogen (secondary N) is 1. The van der Waals surface area contributed by atoms with Crippen molar-refractivity contribution in [1.29, 1.82) is 0 Å². The molecule has 0 atom stereocenters. The van der Waals surface area contributed by atoms with Gasteiger partial charge in [-0.3, -0.25) is 4.98 Å². The second kappa shape index (κ2) is 7.55. The second-order valence-electron chi connectivity index (χ2n) is 5.68. The van der Waals surface area contributed by atoms with E-state index in [2.05, 4.69) is 10.3 Å². The predicted molar refractivity (Wildman–Crippen MR) is 92.5 cm³/mol. The van der Waals surface area contributed by atoms with Crippen molar-refractivity contribution in [1.82, 2.24) is 4.98 Å². The molecular formula is C18H21ClN2O2. The average molecular weight is 333 g/mol. The molecule has 122 valence electrons. The number of anilines is 1. The third-order valence-corrected chi connectivity index (χ3v) is 4.37. The molecule has 0 radical (unpaired) electrons. The van der Waals surface area contributed by atoms with E-state index < -0.39 is 0 Å². The average Bonchev–Trinajstić information content (AvgIpc) is 3.07. The monoisotopic (exact) mass is 332 g/mol. The second-order valence-corrected chi connectivity index (χ2v) is 6.09. The molecule has 2 aromatic rings. The van der Waals surface area contributed by atoms with Crippen molar-refractivity contribution < 1.29 is 9.47 Å². The first kappa shape index (κ1) is 15.9. The van der Waals surface area contributed by atoms with E-state index in [9.17, 15) is 0 Å². The van der Waals surface area contributed by atoms with E-state index in [-0.39, 0.29) is 6.10 Å². The largest absolute Gasteiger partial charge is 0.491 e. The van der Waals surface area contributed by atoms with Crippen molar-refractivity contribution in [2.45, 2.75) is 38.3 Å². The van der Waals surface area contributed by atoms with Crippen molar-refractivity contribution in [3.05, 3.63) is 47.2 Å². The molecule has 23 heavy (non-hydrogen) atoms. The Morgan fingerprint density at radius 1 is 1.22 bits per heavy atom. The lowest BCUT2D eigenvalue weighted by molar-refractivity contribution is 0.200. The first-order valence-corrected chi connectivity index (χ1v) is 8.32. The number of benzene rings is 1. The number of halogens is 1. The fraction of sp³-hybridized carbons (Fsp3) is 0.389. The van der Waals surface area contributed by atoms with Crippen LogP contribution in [0.4, 0.5) is 5.69 Å². The number of methoxy groups -OCH3 is 1. The molecule has 0 bridgehead atoms. The zero-order valence-electron chi connectivity index (χ0n) is 13.2. The Hall–Kier alpha value is -1.94. The lowest BCUT2D eigenvalue weighted by Gasteiger charge is -2.16. The predicted octanol–water partition coefficient (Wildman–Crippen LogP) is 4.68. The number of para-hydroxylation sites is 1. The van der Waals surface area contributed by atoms with Gasteiger partial charge in [-0.2, -0.15) is 0 Å². The number of nitrogens with zero attached hydrogens (tertiary/aromatic N) is 1. The van der Waals surface area contributed by atoms with Gasteiger partial charge < -0.3 is 14.8 Å². The van der Waals surface area contributed by atoms with Crippen molar-refractivity contribution in [2.24, 2.45) is 0 Å². The third kappa shape index (κ3) is 4.08. The smallest absolute Gasteiger partial charge is 0.179 e. The highest BCUT2D eigenvalue weighted by atomic mass is 35.5. The van der Waals surface area contributed by atoms with Gasteiger partial charge in [0.05, 0.1) is 42.4 Å². The molecule has 0 spiro atoms. The maximum Gasteiger partial charge on any atom is 0.179 e. The Balaban J connectivity index is 1.70. The van der Waals surface area contributed by atoms with E-state index in [0.29, 0.717) is 17.3 Å². The highest BCUT2D eigenvalue weighted by Gasteiger charge is 2.19. The zero-order valence-corrected chi connectivity index (χ0v) is 14.0. The molecule has 1 N–H and O–H groups in total. The van der Waals surface area contributed by atoms with Crippen LogP contribution in [0.15, 0.2) is 36.5 Å². The fourth-order valence-corrected chi connectivity index (χ4v) is 2.99. The van der Waals surface area contributed by atoms with Crippen LogP contribution in [-0.4, -0.2) is 18.2 Å². The van der Waals surface area contributed by atoms with Crippen LogP contribution in [0, 0.1) is 0 Å². The van der Waals surface area contributed by atoms with Gasteiger partial charge >= 0.3 is 0 Å². The van der Waals surface area contributed by atoms with Gasteiger partial charge in [-0.15, -0.1) is 0 Å². The van der Waals surface area contributed by atoms with Crippen LogP contribution in [0.5, 0.6) is 11.5 Å². The van der Waals surface area contributed by atoms with Crippen LogP contribution in [-0.2, 0) is 6.54 Å².